The highest BCUT2D eigenvalue weighted by Gasteiger charge is 2.03. The van der Waals surface area contributed by atoms with Crippen LogP contribution in [0.2, 0.25) is 0 Å². The third-order valence-electron chi connectivity index (χ3n) is 1.76. The molecule has 1 heterocycles. The average Bonchev–Trinajstić information content (AvgIpc) is 2.49. The first-order chi connectivity index (χ1) is 6.66. The number of hydrogen-bond donors (Lipinski definition) is 0. The zero-order valence-corrected chi connectivity index (χ0v) is 11.3. The van der Waals surface area contributed by atoms with Crippen LogP contribution in [0, 0.1) is 13.8 Å². The summed E-state index contributed by atoms with van der Waals surface area (Å²) in [6, 6.07) is 4.22. The van der Waals surface area contributed by atoms with Crippen molar-refractivity contribution < 1.29 is 0 Å². The van der Waals surface area contributed by atoms with E-state index in [0.29, 0.717) is 0 Å². The standard InChI is InChI=1S/C9H8BrNS.C2H6/c1-5-3-7(10)4-8-9(5)11-6(2)12-8;1-2/h3-4H,1-2H3;1-2H3. The fourth-order valence-corrected chi connectivity index (χ4v) is 2.93. The molecule has 0 saturated carbocycles. The molecule has 0 bridgehead atoms. The highest BCUT2D eigenvalue weighted by Crippen LogP contribution is 2.27. The molecule has 3 heteroatoms. The summed E-state index contributed by atoms with van der Waals surface area (Å²) in [7, 11) is 0. The molecular formula is C11H14BrNS. The van der Waals surface area contributed by atoms with Gasteiger partial charge in [0.1, 0.15) is 0 Å². The van der Waals surface area contributed by atoms with Gasteiger partial charge in [-0.15, -0.1) is 11.3 Å². The molecule has 0 atom stereocenters. The lowest BCUT2D eigenvalue weighted by Crippen LogP contribution is -1.76. The van der Waals surface area contributed by atoms with Crippen molar-refractivity contribution in [1.82, 2.24) is 4.98 Å². The Morgan fingerprint density at radius 1 is 1.21 bits per heavy atom. The monoisotopic (exact) mass is 271 g/mol. The van der Waals surface area contributed by atoms with Crippen molar-refractivity contribution in [1.29, 1.82) is 0 Å². The van der Waals surface area contributed by atoms with Crippen molar-refractivity contribution in [3.8, 4) is 0 Å². The van der Waals surface area contributed by atoms with E-state index in [9.17, 15) is 0 Å². The van der Waals surface area contributed by atoms with E-state index in [0.717, 1.165) is 15.0 Å². The first kappa shape index (κ1) is 11.7. The SMILES string of the molecule is CC.Cc1nc2c(C)cc(Br)cc2s1. The summed E-state index contributed by atoms with van der Waals surface area (Å²) >= 11 is 5.21. The van der Waals surface area contributed by atoms with E-state index in [1.54, 1.807) is 11.3 Å². The molecule has 1 aromatic heterocycles. The molecule has 0 aliphatic rings. The van der Waals surface area contributed by atoms with E-state index in [-0.39, 0.29) is 0 Å². The number of thiazole rings is 1. The van der Waals surface area contributed by atoms with Crippen LogP contribution < -0.4 is 0 Å². The van der Waals surface area contributed by atoms with Crippen molar-refractivity contribution in [3.05, 3.63) is 27.2 Å². The van der Waals surface area contributed by atoms with Gasteiger partial charge in [-0.05, 0) is 31.5 Å². The molecule has 2 rings (SSSR count). The van der Waals surface area contributed by atoms with Crippen molar-refractivity contribution >= 4 is 37.5 Å². The van der Waals surface area contributed by atoms with Gasteiger partial charge in [0.05, 0.1) is 15.2 Å². The van der Waals surface area contributed by atoms with E-state index in [2.05, 4.69) is 40.0 Å². The third-order valence-corrected chi connectivity index (χ3v) is 3.13. The van der Waals surface area contributed by atoms with E-state index in [1.165, 1.54) is 10.3 Å². The van der Waals surface area contributed by atoms with Crippen molar-refractivity contribution in [2.75, 3.05) is 0 Å². The molecule has 0 unspecified atom stereocenters. The molecule has 0 fully saturated rings. The summed E-state index contributed by atoms with van der Waals surface area (Å²) < 4.78 is 2.40. The summed E-state index contributed by atoms with van der Waals surface area (Å²) in [6.45, 7) is 8.13. The molecule has 0 spiro atoms. The van der Waals surface area contributed by atoms with Crippen molar-refractivity contribution in [3.63, 3.8) is 0 Å². The summed E-state index contributed by atoms with van der Waals surface area (Å²) in [4.78, 5) is 4.45. The molecular weight excluding hydrogens is 258 g/mol. The maximum absolute atomic E-state index is 4.45. The minimum absolute atomic E-state index is 1.13. The van der Waals surface area contributed by atoms with Crippen LogP contribution in [0.15, 0.2) is 16.6 Å². The highest BCUT2D eigenvalue weighted by atomic mass is 79.9. The Labute approximate surface area is 97.3 Å². The summed E-state index contributed by atoms with van der Waals surface area (Å²) in [5.74, 6) is 0. The Morgan fingerprint density at radius 2 is 1.86 bits per heavy atom. The molecule has 14 heavy (non-hydrogen) atoms. The lowest BCUT2D eigenvalue weighted by Gasteiger charge is -1.94. The predicted molar refractivity (Wildman–Crippen MR) is 68.1 cm³/mol. The molecule has 76 valence electrons. The summed E-state index contributed by atoms with van der Waals surface area (Å²) in [5, 5.41) is 1.13. The van der Waals surface area contributed by atoms with Crippen LogP contribution in [0.3, 0.4) is 0 Å². The molecule has 0 radical (unpaired) electrons. The summed E-state index contributed by atoms with van der Waals surface area (Å²) in [6.07, 6.45) is 0. The van der Waals surface area contributed by atoms with Gasteiger partial charge in [0.2, 0.25) is 0 Å². The lowest BCUT2D eigenvalue weighted by atomic mass is 10.2. The van der Waals surface area contributed by atoms with Gasteiger partial charge < -0.3 is 0 Å². The van der Waals surface area contributed by atoms with Crippen LogP contribution in [0.5, 0.6) is 0 Å². The predicted octanol–water partition coefficient (Wildman–Crippen LogP) is 4.70. The first-order valence-corrected chi connectivity index (χ1v) is 6.31. The number of hydrogen-bond acceptors (Lipinski definition) is 2. The van der Waals surface area contributed by atoms with E-state index >= 15 is 0 Å². The van der Waals surface area contributed by atoms with Gasteiger partial charge in [0.15, 0.2) is 0 Å². The first-order valence-electron chi connectivity index (χ1n) is 4.70. The quantitative estimate of drug-likeness (QED) is 0.677. The second-order valence-electron chi connectivity index (χ2n) is 2.80. The number of fused-ring (bicyclic) bond motifs is 1. The number of benzene rings is 1. The van der Waals surface area contributed by atoms with Crippen LogP contribution in [0.4, 0.5) is 0 Å². The van der Waals surface area contributed by atoms with Gasteiger partial charge >= 0.3 is 0 Å². The molecule has 0 aliphatic heterocycles. The minimum Gasteiger partial charge on any atom is -0.241 e. The lowest BCUT2D eigenvalue weighted by molar-refractivity contribution is 1.32. The molecule has 0 aliphatic carbocycles. The van der Waals surface area contributed by atoms with Crippen LogP contribution in [-0.2, 0) is 0 Å². The Bertz CT molecular complexity index is 434. The van der Waals surface area contributed by atoms with Gasteiger partial charge in [0, 0.05) is 4.47 Å². The van der Waals surface area contributed by atoms with Crippen LogP contribution in [0.1, 0.15) is 24.4 Å². The van der Waals surface area contributed by atoms with Crippen LogP contribution in [0.25, 0.3) is 10.2 Å². The number of halogens is 1. The Hall–Kier alpha value is -0.410. The number of nitrogens with zero attached hydrogens (tertiary/aromatic N) is 1. The topological polar surface area (TPSA) is 12.9 Å². The average molecular weight is 272 g/mol. The van der Waals surface area contributed by atoms with Gasteiger partial charge in [0.25, 0.3) is 0 Å². The highest BCUT2D eigenvalue weighted by molar-refractivity contribution is 9.10. The van der Waals surface area contributed by atoms with Gasteiger partial charge in [-0.1, -0.05) is 29.8 Å². The zero-order valence-electron chi connectivity index (χ0n) is 8.89. The molecule has 0 N–H and O–H groups in total. The fraction of sp³-hybridized carbons (Fsp3) is 0.364. The minimum atomic E-state index is 1.13. The van der Waals surface area contributed by atoms with Crippen molar-refractivity contribution in [2.24, 2.45) is 0 Å². The number of aromatic nitrogens is 1. The second-order valence-corrected chi connectivity index (χ2v) is 4.95. The third kappa shape index (κ3) is 2.34. The molecule has 0 saturated heterocycles. The van der Waals surface area contributed by atoms with E-state index in [1.807, 2.05) is 20.8 Å². The van der Waals surface area contributed by atoms with E-state index < -0.39 is 0 Å². The maximum Gasteiger partial charge on any atom is 0.0907 e. The van der Waals surface area contributed by atoms with Gasteiger partial charge in [-0.3, -0.25) is 0 Å². The second kappa shape index (κ2) is 4.89. The van der Waals surface area contributed by atoms with Gasteiger partial charge in [-0.2, -0.15) is 0 Å². The van der Waals surface area contributed by atoms with Gasteiger partial charge in [-0.25, -0.2) is 4.98 Å². The Kier molecular flexibility index (Phi) is 4.08. The smallest absolute Gasteiger partial charge is 0.0907 e. The maximum atomic E-state index is 4.45. The fourth-order valence-electron chi connectivity index (χ4n) is 1.27. The van der Waals surface area contributed by atoms with Crippen LogP contribution >= 0.6 is 27.3 Å². The number of aryl methyl sites for hydroxylation is 2. The molecule has 1 nitrogen and oxygen atoms in total. The Balaban J connectivity index is 0.000000461. The molecule has 2 aromatic rings. The van der Waals surface area contributed by atoms with Crippen molar-refractivity contribution in [2.45, 2.75) is 27.7 Å². The zero-order chi connectivity index (χ0) is 10.7. The Morgan fingerprint density at radius 3 is 2.50 bits per heavy atom. The molecule has 1 aromatic carbocycles. The number of rotatable bonds is 0. The largest absolute Gasteiger partial charge is 0.241 e. The normalized spacial score (nSPS) is 9.79. The molecule has 0 amide bonds. The van der Waals surface area contributed by atoms with E-state index in [4.69, 9.17) is 0 Å². The summed E-state index contributed by atoms with van der Waals surface area (Å²) in [5.41, 5.74) is 2.38. The van der Waals surface area contributed by atoms with Crippen LogP contribution in [-0.4, -0.2) is 4.98 Å².